The fourth-order valence-electron chi connectivity index (χ4n) is 2.18. The first-order chi connectivity index (χ1) is 7.97. The molecule has 0 radical (unpaired) electrons. The van der Waals surface area contributed by atoms with Crippen molar-refractivity contribution in [2.24, 2.45) is 0 Å². The molecule has 0 amide bonds. The Bertz CT molecular complexity index is 453. The summed E-state index contributed by atoms with van der Waals surface area (Å²) in [6, 6.07) is 3.65. The van der Waals surface area contributed by atoms with Gasteiger partial charge in [0, 0.05) is 0 Å². The Hall–Kier alpha value is -1.65. The molecule has 1 aromatic carbocycles. The largest absolute Gasteiger partial charge is 0.507 e. The first kappa shape index (κ1) is 11.8. The van der Waals surface area contributed by atoms with Gasteiger partial charge >= 0.3 is 5.97 Å². The molecular formula is C12H12F2O3. The molecule has 0 aromatic heterocycles. The second kappa shape index (κ2) is 3.98. The fourth-order valence-corrected chi connectivity index (χ4v) is 2.18. The molecule has 0 saturated heterocycles. The van der Waals surface area contributed by atoms with Crippen LogP contribution in [0.2, 0.25) is 0 Å². The molecule has 0 heterocycles. The highest BCUT2D eigenvalue weighted by Crippen LogP contribution is 2.45. The van der Waals surface area contributed by atoms with Gasteiger partial charge in [0.15, 0.2) is 0 Å². The third-order valence-electron chi connectivity index (χ3n) is 3.43. The smallest absolute Gasteiger partial charge is 0.314 e. The lowest BCUT2D eigenvalue weighted by Gasteiger charge is -2.38. The minimum Gasteiger partial charge on any atom is -0.507 e. The summed E-state index contributed by atoms with van der Waals surface area (Å²) in [5.41, 5.74) is -1.20. The van der Waals surface area contributed by atoms with Crippen LogP contribution in [0.4, 0.5) is 8.78 Å². The van der Waals surface area contributed by atoms with E-state index in [1.165, 1.54) is 6.07 Å². The number of carbonyl (C=O) groups is 1. The van der Waals surface area contributed by atoms with Crippen molar-refractivity contribution in [2.75, 3.05) is 0 Å². The third-order valence-corrected chi connectivity index (χ3v) is 3.43. The Labute approximate surface area is 96.7 Å². The van der Waals surface area contributed by atoms with Gasteiger partial charge in [0.2, 0.25) is 0 Å². The molecule has 92 valence electrons. The Morgan fingerprint density at radius 3 is 2.41 bits per heavy atom. The molecule has 5 heteroatoms. The highest BCUT2D eigenvalue weighted by atomic mass is 19.3. The Morgan fingerprint density at radius 2 is 2.00 bits per heavy atom. The monoisotopic (exact) mass is 242 g/mol. The van der Waals surface area contributed by atoms with Gasteiger partial charge in [-0.15, -0.1) is 0 Å². The van der Waals surface area contributed by atoms with Crippen LogP contribution in [0.15, 0.2) is 18.2 Å². The molecule has 0 aliphatic heterocycles. The van der Waals surface area contributed by atoms with Crippen LogP contribution in [0.1, 0.15) is 36.8 Å². The van der Waals surface area contributed by atoms with Gasteiger partial charge in [-0.3, -0.25) is 4.79 Å². The first-order valence-corrected chi connectivity index (χ1v) is 5.32. The van der Waals surface area contributed by atoms with Crippen molar-refractivity contribution in [1.82, 2.24) is 0 Å². The zero-order valence-corrected chi connectivity index (χ0v) is 8.99. The molecule has 0 bridgehead atoms. The normalized spacial score (nSPS) is 17.8. The van der Waals surface area contributed by atoms with Crippen LogP contribution in [0.25, 0.3) is 0 Å². The zero-order chi connectivity index (χ0) is 12.6. The van der Waals surface area contributed by atoms with Crippen LogP contribution >= 0.6 is 0 Å². The Balaban J connectivity index is 2.46. The summed E-state index contributed by atoms with van der Waals surface area (Å²) in [6.07, 6.45) is -1.12. The third kappa shape index (κ3) is 1.75. The lowest BCUT2D eigenvalue weighted by molar-refractivity contribution is -0.147. The molecule has 2 rings (SSSR count). The van der Waals surface area contributed by atoms with Gasteiger partial charge in [0.05, 0.1) is 11.0 Å². The van der Waals surface area contributed by atoms with Crippen molar-refractivity contribution >= 4 is 5.97 Å². The van der Waals surface area contributed by atoms with Crippen molar-refractivity contribution in [3.8, 4) is 5.75 Å². The number of carboxylic acids is 1. The molecular weight excluding hydrogens is 230 g/mol. The molecule has 17 heavy (non-hydrogen) atoms. The van der Waals surface area contributed by atoms with Gasteiger partial charge in [-0.1, -0.05) is 12.5 Å². The summed E-state index contributed by atoms with van der Waals surface area (Å²) in [5, 5.41) is 18.5. The van der Waals surface area contributed by atoms with E-state index < -0.39 is 29.1 Å². The fraction of sp³-hybridized carbons (Fsp3) is 0.417. The summed E-state index contributed by atoms with van der Waals surface area (Å²) < 4.78 is 25.2. The maximum atomic E-state index is 12.6. The molecule has 1 aliphatic rings. The van der Waals surface area contributed by atoms with Gasteiger partial charge in [-0.2, -0.15) is 0 Å². The summed E-state index contributed by atoms with van der Waals surface area (Å²) in [5.74, 6) is -1.49. The number of aromatic hydroxyl groups is 1. The maximum absolute atomic E-state index is 12.6. The highest BCUT2D eigenvalue weighted by molar-refractivity contribution is 5.82. The number of hydrogen-bond donors (Lipinski definition) is 2. The zero-order valence-electron chi connectivity index (χ0n) is 8.99. The van der Waals surface area contributed by atoms with E-state index in [0.717, 1.165) is 18.6 Å². The van der Waals surface area contributed by atoms with Crippen LogP contribution in [0, 0.1) is 0 Å². The van der Waals surface area contributed by atoms with Crippen LogP contribution in [-0.4, -0.2) is 16.2 Å². The molecule has 3 nitrogen and oxygen atoms in total. The minimum absolute atomic E-state index is 0.351. The molecule has 1 fully saturated rings. The number of aliphatic carboxylic acids is 1. The number of alkyl halides is 2. The Kier molecular flexibility index (Phi) is 2.77. The van der Waals surface area contributed by atoms with Crippen LogP contribution in [-0.2, 0) is 10.2 Å². The van der Waals surface area contributed by atoms with Crippen molar-refractivity contribution < 1.29 is 23.8 Å². The average Bonchev–Trinajstić information content (AvgIpc) is 2.17. The van der Waals surface area contributed by atoms with E-state index in [2.05, 4.69) is 0 Å². The van der Waals surface area contributed by atoms with Crippen LogP contribution in [0.5, 0.6) is 5.75 Å². The number of carboxylic acid groups (broad SMARTS) is 1. The summed E-state index contributed by atoms with van der Waals surface area (Å²) in [7, 11) is 0. The summed E-state index contributed by atoms with van der Waals surface area (Å²) in [6.45, 7) is 0. The van der Waals surface area contributed by atoms with Crippen LogP contribution < -0.4 is 0 Å². The number of benzene rings is 1. The number of phenols is 1. The lowest BCUT2D eigenvalue weighted by Crippen LogP contribution is -2.42. The van der Waals surface area contributed by atoms with E-state index >= 15 is 0 Å². The minimum atomic E-state index is -2.80. The average molecular weight is 242 g/mol. The van der Waals surface area contributed by atoms with Gasteiger partial charge in [0.1, 0.15) is 5.75 Å². The van der Waals surface area contributed by atoms with Crippen molar-refractivity contribution in [1.29, 1.82) is 0 Å². The number of phenolic OH excluding ortho intramolecular Hbond substituents is 1. The van der Waals surface area contributed by atoms with Gasteiger partial charge in [-0.25, -0.2) is 8.78 Å². The predicted octanol–water partition coefficient (Wildman–Crippen LogP) is 2.84. The van der Waals surface area contributed by atoms with Gasteiger partial charge < -0.3 is 10.2 Å². The second-order valence-corrected chi connectivity index (χ2v) is 4.32. The van der Waals surface area contributed by atoms with E-state index in [0.29, 0.717) is 18.4 Å². The van der Waals surface area contributed by atoms with Gasteiger partial charge in [-0.05, 0) is 30.5 Å². The molecule has 0 atom stereocenters. The quantitative estimate of drug-likeness (QED) is 0.856. The van der Waals surface area contributed by atoms with Crippen molar-refractivity contribution in [3.05, 3.63) is 29.3 Å². The van der Waals surface area contributed by atoms with E-state index in [-0.39, 0.29) is 0 Å². The predicted molar refractivity (Wildman–Crippen MR) is 56.2 cm³/mol. The van der Waals surface area contributed by atoms with E-state index in [9.17, 15) is 23.8 Å². The number of rotatable bonds is 3. The van der Waals surface area contributed by atoms with Crippen molar-refractivity contribution in [3.63, 3.8) is 0 Å². The molecule has 1 aliphatic carbocycles. The SMILES string of the molecule is O=C(O)C1(c2ccc(O)c(C(F)F)c2)CCC1. The molecule has 1 saturated carbocycles. The summed E-state index contributed by atoms with van der Waals surface area (Å²) in [4.78, 5) is 11.2. The standard InChI is InChI=1S/C12H12F2O3/c13-10(14)8-6-7(2-3-9(8)15)12(11(16)17)4-1-5-12/h2-3,6,10,15H,1,4-5H2,(H,16,17). The highest BCUT2D eigenvalue weighted by Gasteiger charge is 2.46. The Morgan fingerprint density at radius 1 is 1.35 bits per heavy atom. The molecule has 2 N–H and O–H groups in total. The van der Waals surface area contributed by atoms with E-state index in [1.807, 2.05) is 0 Å². The number of halogens is 2. The summed E-state index contributed by atoms with van der Waals surface area (Å²) >= 11 is 0. The molecule has 0 spiro atoms. The molecule has 0 unspecified atom stereocenters. The number of hydrogen-bond acceptors (Lipinski definition) is 2. The topological polar surface area (TPSA) is 57.5 Å². The lowest BCUT2D eigenvalue weighted by atomic mass is 9.64. The van der Waals surface area contributed by atoms with Crippen LogP contribution in [0.3, 0.4) is 0 Å². The van der Waals surface area contributed by atoms with E-state index in [4.69, 9.17) is 0 Å². The van der Waals surface area contributed by atoms with Crippen molar-refractivity contribution in [2.45, 2.75) is 31.1 Å². The van der Waals surface area contributed by atoms with Gasteiger partial charge in [0.25, 0.3) is 6.43 Å². The molecule has 1 aromatic rings. The van der Waals surface area contributed by atoms with E-state index in [1.54, 1.807) is 0 Å². The first-order valence-electron chi connectivity index (χ1n) is 5.32. The maximum Gasteiger partial charge on any atom is 0.314 e. The second-order valence-electron chi connectivity index (χ2n) is 4.32.